The Bertz CT molecular complexity index is 920. The van der Waals surface area contributed by atoms with E-state index in [0.29, 0.717) is 17.7 Å². The van der Waals surface area contributed by atoms with Crippen LogP contribution in [-0.2, 0) is 10.2 Å². The number of hydrogen-bond acceptors (Lipinski definition) is 3. The van der Waals surface area contributed by atoms with Crippen molar-refractivity contribution in [1.82, 2.24) is 9.78 Å². The van der Waals surface area contributed by atoms with Crippen LogP contribution in [0.4, 0.5) is 0 Å². The second-order valence-electron chi connectivity index (χ2n) is 7.03. The quantitative estimate of drug-likeness (QED) is 0.625. The van der Waals surface area contributed by atoms with Crippen molar-refractivity contribution >= 4 is 5.97 Å². The molecule has 1 aromatic heterocycles. The van der Waals surface area contributed by atoms with Crippen LogP contribution >= 0.6 is 0 Å². The molecule has 0 aliphatic heterocycles. The van der Waals surface area contributed by atoms with Crippen LogP contribution in [-0.4, -0.2) is 22.4 Å². The molecule has 26 heavy (non-hydrogen) atoms. The van der Waals surface area contributed by atoms with Crippen LogP contribution in [0.25, 0.3) is 16.8 Å². The first kappa shape index (κ1) is 16.6. The molecule has 0 atom stereocenters. The predicted octanol–water partition coefficient (Wildman–Crippen LogP) is 4.77. The highest BCUT2D eigenvalue weighted by molar-refractivity contribution is 5.88. The van der Waals surface area contributed by atoms with Gasteiger partial charge >= 0.3 is 5.97 Å². The van der Waals surface area contributed by atoms with E-state index in [1.165, 1.54) is 24.0 Å². The van der Waals surface area contributed by atoms with Gasteiger partial charge < -0.3 is 4.74 Å². The van der Waals surface area contributed by atoms with Gasteiger partial charge in [-0.25, -0.2) is 9.48 Å². The van der Waals surface area contributed by atoms with Gasteiger partial charge in [-0.2, -0.15) is 5.10 Å². The Balaban J connectivity index is 1.58. The molecule has 2 aromatic carbocycles. The minimum atomic E-state index is -0.363. The summed E-state index contributed by atoms with van der Waals surface area (Å²) < 4.78 is 6.70. The zero-order valence-corrected chi connectivity index (χ0v) is 15.1. The van der Waals surface area contributed by atoms with Gasteiger partial charge in [0, 0.05) is 0 Å². The zero-order valence-electron chi connectivity index (χ0n) is 15.1. The lowest BCUT2D eigenvalue weighted by Gasteiger charge is -2.11. The molecule has 1 heterocycles. The number of aromatic nitrogens is 2. The molecule has 0 radical (unpaired) electrons. The van der Waals surface area contributed by atoms with Gasteiger partial charge in [-0.1, -0.05) is 43.3 Å². The molecule has 1 aliphatic rings. The maximum absolute atomic E-state index is 12.0. The molecule has 0 bridgehead atoms. The van der Waals surface area contributed by atoms with Crippen molar-refractivity contribution in [1.29, 1.82) is 0 Å². The van der Waals surface area contributed by atoms with Crippen LogP contribution in [0.3, 0.4) is 0 Å². The molecule has 1 fully saturated rings. The molecule has 0 unspecified atom stereocenters. The summed E-state index contributed by atoms with van der Waals surface area (Å²) in [7, 11) is 0. The predicted molar refractivity (Wildman–Crippen MR) is 102 cm³/mol. The van der Waals surface area contributed by atoms with Gasteiger partial charge in [-0.15, -0.1) is 0 Å². The number of nitrogens with zero attached hydrogens (tertiary/aromatic N) is 2. The second kappa shape index (κ2) is 6.45. The van der Waals surface area contributed by atoms with Crippen LogP contribution in [0.15, 0.2) is 60.8 Å². The fourth-order valence-corrected chi connectivity index (χ4v) is 3.21. The Hall–Kier alpha value is -2.88. The van der Waals surface area contributed by atoms with E-state index < -0.39 is 0 Å². The maximum atomic E-state index is 12.0. The van der Waals surface area contributed by atoms with E-state index in [1.807, 2.05) is 12.1 Å². The van der Waals surface area contributed by atoms with Crippen LogP contribution in [0.2, 0.25) is 0 Å². The number of carbonyl (C=O) groups excluding carboxylic acids is 1. The normalized spacial score (nSPS) is 14.8. The Morgan fingerprint density at radius 1 is 1.04 bits per heavy atom. The van der Waals surface area contributed by atoms with Crippen molar-refractivity contribution in [2.75, 3.05) is 6.61 Å². The molecule has 0 spiro atoms. The first-order valence-electron chi connectivity index (χ1n) is 9.03. The molecule has 4 nitrogen and oxygen atoms in total. The molecule has 1 saturated carbocycles. The lowest BCUT2D eigenvalue weighted by Crippen LogP contribution is -2.11. The van der Waals surface area contributed by atoms with Gasteiger partial charge in [-0.05, 0) is 60.1 Å². The third-order valence-corrected chi connectivity index (χ3v) is 5.15. The van der Waals surface area contributed by atoms with Gasteiger partial charge in [0.25, 0.3) is 0 Å². The van der Waals surface area contributed by atoms with Crippen LogP contribution in [0.1, 0.15) is 42.7 Å². The lowest BCUT2D eigenvalue weighted by molar-refractivity contribution is 0.0515. The van der Waals surface area contributed by atoms with Crippen LogP contribution in [0.5, 0.6) is 0 Å². The van der Waals surface area contributed by atoms with Crippen molar-refractivity contribution in [3.8, 4) is 16.8 Å². The summed E-state index contributed by atoms with van der Waals surface area (Å²) in [5.41, 5.74) is 5.42. The Morgan fingerprint density at radius 3 is 2.23 bits per heavy atom. The number of esters is 1. The molecule has 0 amide bonds. The summed E-state index contributed by atoms with van der Waals surface area (Å²) in [5, 5.41) is 4.25. The lowest BCUT2D eigenvalue weighted by atomic mass is 9.95. The summed E-state index contributed by atoms with van der Waals surface area (Å²) in [6.07, 6.45) is 4.18. The highest BCUT2D eigenvalue weighted by atomic mass is 16.5. The molecular formula is C22H22N2O2. The molecule has 1 aliphatic carbocycles. The smallest absolute Gasteiger partial charge is 0.357 e. The Morgan fingerprint density at radius 2 is 1.65 bits per heavy atom. The molecular weight excluding hydrogens is 324 g/mol. The monoisotopic (exact) mass is 346 g/mol. The Labute approximate surface area is 153 Å². The van der Waals surface area contributed by atoms with E-state index in [1.54, 1.807) is 23.9 Å². The SMILES string of the molecule is CCOC(=O)c1ccnn1-c1ccc(-c2ccc(C3(C)CC3)cc2)cc1. The molecule has 0 N–H and O–H groups in total. The minimum Gasteiger partial charge on any atom is -0.461 e. The minimum absolute atomic E-state index is 0.345. The summed E-state index contributed by atoms with van der Waals surface area (Å²) in [4.78, 5) is 12.0. The van der Waals surface area contributed by atoms with Gasteiger partial charge in [0.2, 0.25) is 0 Å². The fourth-order valence-electron chi connectivity index (χ4n) is 3.21. The van der Waals surface area contributed by atoms with Crippen molar-refractivity contribution in [2.45, 2.75) is 32.1 Å². The average Bonchev–Trinajstić information content (AvgIpc) is 3.23. The summed E-state index contributed by atoms with van der Waals surface area (Å²) >= 11 is 0. The van der Waals surface area contributed by atoms with E-state index >= 15 is 0 Å². The third-order valence-electron chi connectivity index (χ3n) is 5.15. The standard InChI is InChI=1S/C22H22N2O2/c1-3-26-21(25)20-12-15-23-24(20)19-10-6-17(7-11-19)16-4-8-18(9-5-16)22(2)13-14-22/h4-12,15H,3,13-14H2,1-2H3. The number of benzene rings is 2. The van der Waals surface area contributed by atoms with Crippen LogP contribution in [0, 0.1) is 0 Å². The number of carbonyl (C=O) groups is 1. The molecule has 0 saturated heterocycles. The average molecular weight is 346 g/mol. The first-order chi connectivity index (χ1) is 12.6. The fraction of sp³-hybridized carbons (Fsp3) is 0.273. The van der Waals surface area contributed by atoms with E-state index in [4.69, 9.17) is 4.74 Å². The highest BCUT2D eigenvalue weighted by Crippen LogP contribution is 2.47. The molecule has 132 valence electrons. The molecule has 4 rings (SSSR count). The van der Waals surface area contributed by atoms with Gasteiger partial charge in [0.05, 0.1) is 18.5 Å². The number of rotatable bonds is 5. The number of ether oxygens (including phenoxy) is 1. The van der Waals surface area contributed by atoms with E-state index in [0.717, 1.165) is 11.3 Å². The van der Waals surface area contributed by atoms with Gasteiger partial charge in [-0.3, -0.25) is 0 Å². The topological polar surface area (TPSA) is 44.1 Å². The zero-order chi connectivity index (χ0) is 18.1. The van der Waals surface area contributed by atoms with Crippen LogP contribution < -0.4 is 0 Å². The maximum Gasteiger partial charge on any atom is 0.357 e. The Kier molecular flexibility index (Phi) is 4.11. The first-order valence-corrected chi connectivity index (χ1v) is 9.03. The van der Waals surface area contributed by atoms with Crippen molar-refractivity contribution < 1.29 is 9.53 Å². The van der Waals surface area contributed by atoms with E-state index in [2.05, 4.69) is 48.4 Å². The van der Waals surface area contributed by atoms with Gasteiger partial charge in [0.1, 0.15) is 0 Å². The largest absolute Gasteiger partial charge is 0.461 e. The molecule has 4 heteroatoms. The van der Waals surface area contributed by atoms with E-state index in [-0.39, 0.29) is 5.97 Å². The van der Waals surface area contributed by atoms with Crippen molar-refractivity contribution in [3.63, 3.8) is 0 Å². The van der Waals surface area contributed by atoms with Gasteiger partial charge in [0.15, 0.2) is 5.69 Å². The summed E-state index contributed by atoms with van der Waals surface area (Å²) in [5.74, 6) is -0.363. The van der Waals surface area contributed by atoms with Crippen molar-refractivity contribution in [3.05, 3.63) is 72.1 Å². The second-order valence-corrected chi connectivity index (χ2v) is 7.03. The number of hydrogen-bond donors (Lipinski definition) is 0. The summed E-state index contributed by atoms with van der Waals surface area (Å²) in [6, 6.07) is 18.6. The highest BCUT2D eigenvalue weighted by Gasteiger charge is 2.38. The van der Waals surface area contributed by atoms with E-state index in [9.17, 15) is 4.79 Å². The molecule has 3 aromatic rings. The summed E-state index contributed by atoms with van der Waals surface area (Å²) in [6.45, 7) is 4.46. The van der Waals surface area contributed by atoms with Crippen molar-refractivity contribution in [2.24, 2.45) is 0 Å². The third kappa shape index (κ3) is 3.03.